The molecule has 0 radical (unpaired) electrons. The van der Waals surface area contributed by atoms with Crippen molar-refractivity contribution < 1.29 is 14.7 Å². The third-order valence-corrected chi connectivity index (χ3v) is 3.92. The highest BCUT2D eigenvalue weighted by Crippen LogP contribution is 2.26. The third kappa shape index (κ3) is 5.10. The smallest absolute Gasteiger partial charge is 0.319 e. The van der Waals surface area contributed by atoms with Gasteiger partial charge in [0.2, 0.25) is 0 Å². The molecule has 1 aliphatic rings. The first-order chi connectivity index (χ1) is 10.0. The number of urea groups is 1. The molecule has 0 spiro atoms. The zero-order valence-corrected chi connectivity index (χ0v) is 12.3. The van der Waals surface area contributed by atoms with Crippen molar-refractivity contribution in [1.29, 1.82) is 0 Å². The fourth-order valence-electron chi connectivity index (χ4n) is 2.83. The average Bonchev–Trinajstić information content (AvgIpc) is 2.40. The van der Waals surface area contributed by atoms with Crippen molar-refractivity contribution in [3.63, 3.8) is 0 Å². The van der Waals surface area contributed by atoms with Gasteiger partial charge in [-0.2, -0.15) is 0 Å². The van der Waals surface area contributed by atoms with Crippen molar-refractivity contribution in [3.05, 3.63) is 29.8 Å². The normalized spacial score (nSPS) is 21.6. The quantitative estimate of drug-likeness (QED) is 0.797. The summed E-state index contributed by atoms with van der Waals surface area (Å²) in [6.45, 7) is 1.98. The number of anilines is 1. The lowest BCUT2D eigenvalue weighted by atomic mass is 9.84. The molecule has 2 rings (SSSR count). The van der Waals surface area contributed by atoms with Crippen LogP contribution in [0.15, 0.2) is 24.3 Å². The number of carboxylic acids is 1. The molecule has 5 nitrogen and oxygen atoms in total. The van der Waals surface area contributed by atoms with Gasteiger partial charge in [0.05, 0.1) is 0 Å². The number of aryl methyl sites for hydroxylation is 1. The van der Waals surface area contributed by atoms with E-state index in [0.717, 1.165) is 36.9 Å². The number of rotatable bonds is 4. The molecular weight excluding hydrogens is 268 g/mol. The Morgan fingerprint density at radius 3 is 2.57 bits per heavy atom. The maximum absolute atomic E-state index is 11.9. The molecule has 21 heavy (non-hydrogen) atoms. The predicted octanol–water partition coefficient (Wildman–Crippen LogP) is 3.15. The molecule has 0 aromatic heterocycles. The molecule has 1 aliphatic carbocycles. The molecule has 1 aromatic rings. The van der Waals surface area contributed by atoms with Gasteiger partial charge in [0, 0.05) is 18.2 Å². The van der Waals surface area contributed by atoms with Gasteiger partial charge >= 0.3 is 12.0 Å². The van der Waals surface area contributed by atoms with Gasteiger partial charge in [-0.25, -0.2) is 4.79 Å². The minimum Gasteiger partial charge on any atom is -0.481 e. The number of nitrogens with one attached hydrogen (secondary N) is 2. The van der Waals surface area contributed by atoms with E-state index in [4.69, 9.17) is 5.11 Å². The first-order valence-electron chi connectivity index (χ1n) is 7.39. The van der Waals surface area contributed by atoms with Gasteiger partial charge in [-0.1, -0.05) is 12.1 Å². The van der Waals surface area contributed by atoms with Crippen LogP contribution in [0.5, 0.6) is 0 Å². The standard InChI is InChI=1S/C16H22N2O3/c1-11-3-2-4-14(9-11)18-16(21)17-13-7-5-12(6-8-13)10-15(19)20/h2-4,9,12-13H,5-8,10H2,1H3,(H,19,20)(H2,17,18,21). The van der Waals surface area contributed by atoms with Crippen LogP contribution in [0.3, 0.4) is 0 Å². The van der Waals surface area contributed by atoms with Crippen molar-refractivity contribution in [2.75, 3.05) is 5.32 Å². The molecule has 1 aromatic carbocycles. The number of carbonyl (C=O) groups is 2. The lowest BCUT2D eigenvalue weighted by Gasteiger charge is -2.28. The number of aliphatic carboxylic acids is 1. The summed E-state index contributed by atoms with van der Waals surface area (Å²) < 4.78 is 0. The van der Waals surface area contributed by atoms with E-state index < -0.39 is 5.97 Å². The van der Waals surface area contributed by atoms with Crippen molar-refractivity contribution in [2.45, 2.75) is 45.1 Å². The second-order valence-corrected chi connectivity index (χ2v) is 5.78. The summed E-state index contributed by atoms with van der Waals surface area (Å²) >= 11 is 0. The Morgan fingerprint density at radius 1 is 1.24 bits per heavy atom. The van der Waals surface area contributed by atoms with E-state index in [1.807, 2.05) is 31.2 Å². The first-order valence-corrected chi connectivity index (χ1v) is 7.39. The number of hydrogen-bond acceptors (Lipinski definition) is 2. The van der Waals surface area contributed by atoms with Crippen LogP contribution in [0, 0.1) is 12.8 Å². The Labute approximate surface area is 124 Å². The van der Waals surface area contributed by atoms with Crippen LogP contribution in [-0.2, 0) is 4.79 Å². The molecular formula is C16H22N2O3. The summed E-state index contributed by atoms with van der Waals surface area (Å²) in [5, 5.41) is 14.6. The van der Waals surface area contributed by atoms with E-state index in [1.165, 1.54) is 0 Å². The molecule has 2 amide bonds. The topological polar surface area (TPSA) is 78.4 Å². The van der Waals surface area contributed by atoms with Gasteiger partial charge in [-0.15, -0.1) is 0 Å². The molecule has 0 atom stereocenters. The first kappa shape index (κ1) is 15.4. The molecule has 0 saturated heterocycles. The van der Waals surface area contributed by atoms with Gasteiger partial charge in [0.15, 0.2) is 0 Å². The van der Waals surface area contributed by atoms with Crippen LogP contribution in [0.4, 0.5) is 10.5 Å². The molecule has 0 aliphatic heterocycles. The van der Waals surface area contributed by atoms with E-state index >= 15 is 0 Å². The average molecular weight is 290 g/mol. The van der Waals surface area contributed by atoms with Gasteiger partial charge in [0.25, 0.3) is 0 Å². The highest BCUT2D eigenvalue weighted by molar-refractivity contribution is 5.89. The van der Waals surface area contributed by atoms with Gasteiger partial charge < -0.3 is 15.7 Å². The van der Waals surface area contributed by atoms with Crippen LogP contribution in [0.1, 0.15) is 37.7 Å². The highest BCUT2D eigenvalue weighted by atomic mass is 16.4. The van der Waals surface area contributed by atoms with Crippen LogP contribution < -0.4 is 10.6 Å². The summed E-state index contributed by atoms with van der Waals surface area (Å²) in [6, 6.07) is 7.61. The molecule has 0 bridgehead atoms. The van der Waals surface area contributed by atoms with E-state index in [2.05, 4.69) is 10.6 Å². The molecule has 0 heterocycles. The molecule has 0 unspecified atom stereocenters. The van der Waals surface area contributed by atoms with E-state index in [1.54, 1.807) is 0 Å². The van der Waals surface area contributed by atoms with Crippen LogP contribution >= 0.6 is 0 Å². The van der Waals surface area contributed by atoms with E-state index in [-0.39, 0.29) is 24.4 Å². The van der Waals surface area contributed by atoms with Crippen molar-refractivity contribution in [1.82, 2.24) is 5.32 Å². The Balaban J connectivity index is 1.75. The summed E-state index contributed by atoms with van der Waals surface area (Å²) in [7, 11) is 0. The number of amides is 2. The van der Waals surface area contributed by atoms with Crippen LogP contribution in [0.25, 0.3) is 0 Å². The maximum Gasteiger partial charge on any atom is 0.319 e. The maximum atomic E-state index is 11.9. The van der Waals surface area contributed by atoms with Gasteiger partial charge in [-0.05, 0) is 56.2 Å². The zero-order chi connectivity index (χ0) is 15.2. The summed E-state index contributed by atoms with van der Waals surface area (Å²) in [4.78, 5) is 22.6. The second-order valence-electron chi connectivity index (χ2n) is 5.78. The SMILES string of the molecule is Cc1cccc(NC(=O)NC2CCC(CC(=O)O)CC2)c1. The minimum atomic E-state index is -0.733. The number of hydrogen-bond donors (Lipinski definition) is 3. The summed E-state index contributed by atoms with van der Waals surface area (Å²) in [6.07, 6.45) is 3.66. The lowest BCUT2D eigenvalue weighted by molar-refractivity contribution is -0.138. The van der Waals surface area contributed by atoms with Gasteiger partial charge in [-0.3, -0.25) is 4.79 Å². The Hall–Kier alpha value is -2.04. The highest BCUT2D eigenvalue weighted by Gasteiger charge is 2.23. The predicted molar refractivity (Wildman–Crippen MR) is 81.3 cm³/mol. The monoisotopic (exact) mass is 290 g/mol. The Kier molecular flexibility index (Phi) is 5.20. The minimum absolute atomic E-state index is 0.139. The van der Waals surface area contributed by atoms with E-state index in [9.17, 15) is 9.59 Å². The Bertz CT molecular complexity index is 508. The summed E-state index contributed by atoms with van der Waals surface area (Å²) in [5.74, 6) is -0.482. The van der Waals surface area contributed by atoms with Crippen LogP contribution in [0.2, 0.25) is 0 Å². The number of benzene rings is 1. The Morgan fingerprint density at radius 2 is 1.95 bits per heavy atom. The molecule has 3 N–H and O–H groups in total. The fourth-order valence-corrected chi connectivity index (χ4v) is 2.83. The van der Waals surface area contributed by atoms with Crippen molar-refractivity contribution in [3.8, 4) is 0 Å². The zero-order valence-electron chi connectivity index (χ0n) is 12.3. The molecule has 1 saturated carbocycles. The number of carbonyl (C=O) groups excluding carboxylic acids is 1. The molecule has 5 heteroatoms. The second kappa shape index (κ2) is 7.11. The fraction of sp³-hybridized carbons (Fsp3) is 0.500. The summed E-state index contributed by atoms with van der Waals surface area (Å²) in [5.41, 5.74) is 1.88. The van der Waals surface area contributed by atoms with Gasteiger partial charge in [0.1, 0.15) is 0 Å². The number of carboxylic acid groups (broad SMARTS) is 1. The van der Waals surface area contributed by atoms with E-state index in [0.29, 0.717) is 0 Å². The molecule has 1 fully saturated rings. The third-order valence-electron chi connectivity index (χ3n) is 3.92. The van der Waals surface area contributed by atoms with Crippen LogP contribution in [-0.4, -0.2) is 23.1 Å². The molecule has 114 valence electrons. The lowest BCUT2D eigenvalue weighted by Crippen LogP contribution is -2.40. The van der Waals surface area contributed by atoms with Crippen molar-refractivity contribution >= 4 is 17.7 Å². The largest absolute Gasteiger partial charge is 0.481 e. The van der Waals surface area contributed by atoms with Crippen molar-refractivity contribution in [2.24, 2.45) is 5.92 Å².